The highest BCUT2D eigenvalue weighted by molar-refractivity contribution is 7.00. The molecule has 0 aromatic heterocycles. The van der Waals surface area contributed by atoms with Crippen LogP contribution in [0.15, 0.2) is 267 Å². The second-order valence-corrected chi connectivity index (χ2v) is 33.4. The summed E-state index contributed by atoms with van der Waals surface area (Å²) < 4.78 is 0. The Morgan fingerprint density at radius 3 is 1.03 bits per heavy atom. The standard InChI is InChI=1S/C96H89BN2/c1-92(2,3)70-47-67-41-42-68-48-71(93(4,5)6)57-80-75(50-69(49-70)87(67)88(68)80)66-43-45-81-84(52-66)99(91-78(63-37-27-19-28-38-63)55-73(95(10,11)12)56-79(91)64-39-29-20-30-40-64)86-59-74(96(13,14)15)58-85-89(86)97(81)82-51-65(60-31-21-16-22-32-60)44-46-83(82)98(85)90-76(61-33-23-17-24-34-61)53-72(94(7,8)9)54-77(90)62-35-25-18-26-36-62/h16-59H,1-15H3. The molecule has 99 heavy (non-hydrogen) atoms. The normalized spacial score (nSPS) is 13.3. The van der Waals surface area contributed by atoms with E-state index in [4.69, 9.17) is 0 Å². The van der Waals surface area contributed by atoms with E-state index in [1.165, 1.54) is 166 Å². The maximum atomic E-state index is 2.76. The zero-order valence-corrected chi connectivity index (χ0v) is 60.4. The smallest absolute Gasteiger partial charge is 0.252 e. The second-order valence-electron chi connectivity index (χ2n) is 33.4. The van der Waals surface area contributed by atoms with Crippen LogP contribution in [-0.4, -0.2) is 6.71 Å². The lowest BCUT2D eigenvalue weighted by Gasteiger charge is -2.47. The number of rotatable bonds is 8. The van der Waals surface area contributed by atoms with Gasteiger partial charge in [-0.05, 0) is 209 Å². The Morgan fingerprint density at radius 1 is 0.232 bits per heavy atom. The molecule has 0 saturated heterocycles. The monoisotopic (exact) mass is 1280 g/mol. The lowest BCUT2D eigenvalue weighted by Crippen LogP contribution is -2.61. The van der Waals surface area contributed by atoms with Crippen LogP contribution in [0.4, 0.5) is 34.1 Å². The molecule has 14 aromatic carbocycles. The molecule has 14 aromatic rings. The van der Waals surface area contributed by atoms with Gasteiger partial charge in [0.15, 0.2) is 0 Å². The van der Waals surface area contributed by atoms with Crippen LogP contribution in [-0.2, 0) is 27.1 Å². The first-order valence-electron chi connectivity index (χ1n) is 35.7. The summed E-state index contributed by atoms with van der Waals surface area (Å²) in [5.41, 5.74) is 30.8. The molecule has 0 bridgehead atoms. The van der Waals surface area contributed by atoms with Crippen LogP contribution in [0.1, 0.15) is 132 Å². The van der Waals surface area contributed by atoms with Crippen molar-refractivity contribution >= 4 is 89.5 Å². The summed E-state index contributed by atoms with van der Waals surface area (Å²) in [6.07, 6.45) is 0. The quantitative estimate of drug-likeness (QED) is 0.111. The van der Waals surface area contributed by atoms with E-state index in [2.05, 4.69) is 381 Å². The largest absolute Gasteiger partial charge is 0.310 e. The molecule has 0 saturated carbocycles. The van der Waals surface area contributed by atoms with Gasteiger partial charge in [-0.1, -0.05) is 310 Å². The van der Waals surface area contributed by atoms with Crippen molar-refractivity contribution in [1.82, 2.24) is 0 Å². The molecule has 0 N–H and O–H groups in total. The van der Waals surface area contributed by atoms with Crippen molar-refractivity contribution in [3.63, 3.8) is 0 Å². The minimum absolute atomic E-state index is 0.0572. The van der Waals surface area contributed by atoms with Crippen LogP contribution < -0.4 is 26.2 Å². The molecule has 0 radical (unpaired) electrons. The molecule has 2 heterocycles. The van der Waals surface area contributed by atoms with Crippen LogP contribution in [0.25, 0.3) is 99.1 Å². The average Bonchev–Trinajstić information content (AvgIpc) is 0.694. The molecule has 2 aliphatic heterocycles. The predicted molar refractivity (Wildman–Crippen MR) is 430 cm³/mol. The number of hydrogen-bond acceptors (Lipinski definition) is 2. The first-order valence-corrected chi connectivity index (χ1v) is 35.7. The SMILES string of the molecule is CC(C)(C)c1cc(-c2ccccc2)c(N2c3ccc(-c4ccccc4)cc3B3c4ccc(-c5cc6cc(C(C)(C)C)cc7ccc8cc(C(C)(C)C)cc5c8c76)cc4N(c4c(-c5ccccc5)cc(C(C)(C)C)cc4-c4ccccc4)c4cc(C(C)(C)C)cc2c43)c(-c2ccccc2)c1. The molecule has 0 fully saturated rings. The van der Waals surface area contributed by atoms with Gasteiger partial charge < -0.3 is 9.80 Å². The molecule has 16 rings (SSSR count). The molecule has 0 aliphatic carbocycles. The van der Waals surface area contributed by atoms with Gasteiger partial charge >= 0.3 is 0 Å². The van der Waals surface area contributed by atoms with Crippen molar-refractivity contribution in [2.45, 2.75) is 131 Å². The Labute approximate surface area is 588 Å². The lowest BCUT2D eigenvalue weighted by atomic mass is 9.33. The third-order valence-electron chi connectivity index (χ3n) is 21.5. The lowest BCUT2D eigenvalue weighted by molar-refractivity contribution is 0.590. The van der Waals surface area contributed by atoms with E-state index in [1.54, 1.807) is 0 Å². The fraction of sp³-hybridized carbons (Fsp3) is 0.208. The van der Waals surface area contributed by atoms with E-state index in [1.807, 2.05) is 0 Å². The maximum absolute atomic E-state index is 2.76. The number of benzene rings is 14. The van der Waals surface area contributed by atoms with Crippen molar-refractivity contribution in [3.05, 3.63) is 295 Å². The maximum Gasteiger partial charge on any atom is 0.252 e. The Morgan fingerprint density at radius 2 is 0.596 bits per heavy atom. The highest BCUT2D eigenvalue weighted by Crippen LogP contribution is 2.56. The minimum atomic E-state index is -0.296. The topological polar surface area (TPSA) is 6.48 Å². The average molecular weight is 1280 g/mol. The summed E-state index contributed by atoms with van der Waals surface area (Å²) in [5, 5.41) is 7.81. The molecule has 3 heteroatoms. The van der Waals surface area contributed by atoms with Crippen molar-refractivity contribution in [2.75, 3.05) is 9.80 Å². The predicted octanol–water partition coefficient (Wildman–Crippen LogP) is 25.2. The molecule has 0 unspecified atom stereocenters. The van der Waals surface area contributed by atoms with E-state index in [0.717, 1.165) is 11.4 Å². The van der Waals surface area contributed by atoms with Crippen LogP contribution in [0.2, 0.25) is 0 Å². The summed E-state index contributed by atoms with van der Waals surface area (Å²) >= 11 is 0. The Hall–Kier alpha value is -10.2. The summed E-state index contributed by atoms with van der Waals surface area (Å²) in [6, 6.07) is 104. The first kappa shape index (κ1) is 63.5. The summed E-state index contributed by atoms with van der Waals surface area (Å²) in [5.74, 6) is 0. The van der Waals surface area contributed by atoms with Gasteiger partial charge in [0, 0.05) is 45.0 Å². The molecular formula is C96H89BN2. The molecule has 2 aliphatic rings. The van der Waals surface area contributed by atoms with Crippen molar-refractivity contribution in [2.24, 2.45) is 0 Å². The zero-order valence-electron chi connectivity index (χ0n) is 60.4. The van der Waals surface area contributed by atoms with E-state index in [9.17, 15) is 0 Å². The summed E-state index contributed by atoms with van der Waals surface area (Å²) in [7, 11) is 0. The second kappa shape index (κ2) is 23.2. The molecule has 0 amide bonds. The zero-order chi connectivity index (χ0) is 68.8. The highest BCUT2D eigenvalue weighted by Gasteiger charge is 2.47. The van der Waals surface area contributed by atoms with E-state index >= 15 is 0 Å². The van der Waals surface area contributed by atoms with Gasteiger partial charge in [-0.2, -0.15) is 0 Å². The van der Waals surface area contributed by atoms with E-state index in [-0.39, 0.29) is 33.8 Å². The molecule has 0 atom stereocenters. The number of anilines is 6. The number of hydrogen-bond donors (Lipinski definition) is 0. The molecule has 0 spiro atoms. The Balaban J connectivity index is 1.11. The van der Waals surface area contributed by atoms with Gasteiger partial charge in [0.05, 0.1) is 11.4 Å². The minimum Gasteiger partial charge on any atom is -0.310 e. The number of nitrogens with zero attached hydrogens (tertiary/aromatic N) is 2. The van der Waals surface area contributed by atoms with Gasteiger partial charge in [0.25, 0.3) is 6.71 Å². The van der Waals surface area contributed by atoms with Crippen LogP contribution in [0.3, 0.4) is 0 Å². The fourth-order valence-corrected chi connectivity index (χ4v) is 15.9. The molecule has 486 valence electrons. The van der Waals surface area contributed by atoms with Gasteiger partial charge in [0.1, 0.15) is 0 Å². The third kappa shape index (κ3) is 11.0. The van der Waals surface area contributed by atoms with Crippen LogP contribution >= 0.6 is 0 Å². The van der Waals surface area contributed by atoms with E-state index in [0.29, 0.717) is 0 Å². The Kier molecular flexibility index (Phi) is 14.9. The number of fused-ring (bicyclic) bond motifs is 4. The van der Waals surface area contributed by atoms with Crippen molar-refractivity contribution in [3.8, 4) is 66.8 Å². The Bertz CT molecular complexity index is 5360. The van der Waals surface area contributed by atoms with Crippen molar-refractivity contribution in [1.29, 1.82) is 0 Å². The molecule has 2 nitrogen and oxygen atoms in total. The third-order valence-corrected chi connectivity index (χ3v) is 21.5. The van der Waals surface area contributed by atoms with E-state index < -0.39 is 0 Å². The van der Waals surface area contributed by atoms with Crippen LogP contribution in [0, 0.1) is 0 Å². The van der Waals surface area contributed by atoms with Gasteiger partial charge in [-0.25, -0.2) is 0 Å². The molecular weight excluding hydrogens is 1190 g/mol. The van der Waals surface area contributed by atoms with Crippen molar-refractivity contribution < 1.29 is 0 Å². The highest BCUT2D eigenvalue weighted by atomic mass is 15.2. The summed E-state index contributed by atoms with van der Waals surface area (Å²) in [4.78, 5) is 5.48. The van der Waals surface area contributed by atoms with Gasteiger partial charge in [-0.15, -0.1) is 0 Å². The fourth-order valence-electron chi connectivity index (χ4n) is 15.9. The van der Waals surface area contributed by atoms with Gasteiger partial charge in [-0.3, -0.25) is 0 Å². The van der Waals surface area contributed by atoms with Gasteiger partial charge in [0.2, 0.25) is 0 Å². The first-order chi connectivity index (χ1) is 47.3. The summed E-state index contributed by atoms with van der Waals surface area (Å²) in [6.45, 7) is 35.3. The van der Waals surface area contributed by atoms with Crippen LogP contribution in [0.5, 0.6) is 0 Å².